The Labute approximate surface area is 179 Å². The first kappa shape index (κ1) is 20.3. The van der Waals surface area contributed by atoms with Crippen LogP contribution in [0, 0.1) is 0 Å². The summed E-state index contributed by atoms with van der Waals surface area (Å²) in [7, 11) is 0. The lowest BCUT2D eigenvalue weighted by Gasteiger charge is -2.38. The molecule has 1 aliphatic heterocycles. The molecule has 1 amide bonds. The number of anilines is 1. The van der Waals surface area contributed by atoms with Crippen molar-refractivity contribution in [2.45, 2.75) is 32.9 Å². The Morgan fingerprint density at radius 3 is 2.50 bits per heavy atom. The molecule has 30 heavy (non-hydrogen) atoms. The van der Waals surface area contributed by atoms with Gasteiger partial charge in [-0.2, -0.15) is 0 Å². The zero-order valence-corrected chi connectivity index (χ0v) is 18.0. The summed E-state index contributed by atoms with van der Waals surface area (Å²) in [6.07, 6.45) is 1.54. The van der Waals surface area contributed by atoms with Gasteiger partial charge in [-0.3, -0.25) is 4.79 Å². The molecule has 3 aromatic rings. The van der Waals surface area contributed by atoms with Crippen LogP contribution in [0.4, 0.5) is 5.82 Å². The second-order valence-corrected chi connectivity index (χ2v) is 8.06. The molecule has 0 bridgehead atoms. The molecule has 0 radical (unpaired) electrons. The molecule has 3 heterocycles. The maximum atomic E-state index is 13.1. The number of fused-ring (bicyclic) bond motifs is 1. The molecule has 10 heteroatoms. The van der Waals surface area contributed by atoms with Crippen molar-refractivity contribution in [3.05, 3.63) is 35.6 Å². The van der Waals surface area contributed by atoms with Gasteiger partial charge in [0.05, 0.1) is 0 Å². The summed E-state index contributed by atoms with van der Waals surface area (Å²) in [4.78, 5) is 25.8. The Hall–Kier alpha value is -2.94. The summed E-state index contributed by atoms with van der Waals surface area (Å²) in [6.45, 7) is 8.69. The van der Waals surface area contributed by atoms with Crippen molar-refractivity contribution in [2.75, 3.05) is 31.1 Å². The summed E-state index contributed by atoms with van der Waals surface area (Å²) >= 11 is 5.92. The highest BCUT2D eigenvalue weighted by Crippen LogP contribution is 2.25. The fraction of sp³-hybridized carbons (Fsp3) is 0.450. The highest BCUT2D eigenvalue weighted by atomic mass is 35.5. The second-order valence-electron chi connectivity index (χ2n) is 7.62. The molecule has 0 N–H and O–H groups in total. The predicted octanol–water partition coefficient (Wildman–Crippen LogP) is 2.40. The van der Waals surface area contributed by atoms with E-state index in [1.54, 1.807) is 42.8 Å². The smallest absolute Gasteiger partial charge is 0.266 e. The van der Waals surface area contributed by atoms with Crippen LogP contribution in [0.3, 0.4) is 0 Å². The van der Waals surface area contributed by atoms with Gasteiger partial charge in [0.2, 0.25) is 0 Å². The molecule has 1 aliphatic rings. The van der Waals surface area contributed by atoms with E-state index in [2.05, 4.69) is 25.2 Å². The van der Waals surface area contributed by atoms with Crippen molar-refractivity contribution < 1.29 is 9.53 Å². The van der Waals surface area contributed by atoms with Crippen LogP contribution in [-0.4, -0.2) is 67.5 Å². The van der Waals surface area contributed by atoms with Gasteiger partial charge in [-0.15, -0.1) is 5.10 Å². The maximum absolute atomic E-state index is 13.1. The van der Waals surface area contributed by atoms with Crippen molar-refractivity contribution in [3.63, 3.8) is 0 Å². The zero-order valence-electron chi connectivity index (χ0n) is 17.2. The average molecular weight is 430 g/mol. The minimum Gasteiger partial charge on any atom is -0.478 e. The maximum Gasteiger partial charge on any atom is 0.266 e. The highest BCUT2D eigenvalue weighted by molar-refractivity contribution is 6.30. The lowest BCUT2D eigenvalue weighted by Crippen LogP contribution is -2.56. The highest BCUT2D eigenvalue weighted by Gasteiger charge is 2.36. The van der Waals surface area contributed by atoms with Crippen molar-refractivity contribution in [3.8, 4) is 5.75 Å². The molecule has 158 valence electrons. The molecule has 1 fully saturated rings. The van der Waals surface area contributed by atoms with E-state index in [-0.39, 0.29) is 5.91 Å². The SMILES string of the molecule is CCn1nnc2c(N3CCN(C(=O)C(C)(C)Oc4ccc(Cl)cc4)CC3)ncnc21. The van der Waals surface area contributed by atoms with Gasteiger partial charge >= 0.3 is 0 Å². The second kappa shape index (κ2) is 8.06. The molecular formula is C20H24ClN7O2. The van der Waals surface area contributed by atoms with Crippen LogP contribution in [-0.2, 0) is 11.3 Å². The summed E-state index contributed by atoms with van der Waals surface area (Å²) in [5.41, 5.74) is 0.422. The predicted molar refractivity (Wildman–Crippen MR) is 114 cm³/mol. The van der Waals surface area contributed by atoms with E-state index < -0.39 is 5.60 Å². The third kappa shape index (κ3) is 3.89. The standard InChI is InChI=1S/C20H24ClN7O2/c1-4-28-18-16(24-25-28)17(22-13-23-18)26-9-11-27(12-10-26)19(29)20(2,3)30-15-7-5-14(21)6-8-15/h5-8,13H,4,9-12H2,1-3H3. The van der Waals surface area contributed by atoms with E-state index in [9.17, 15) is 4.79 Å². The lowest BCUT2D eigenvalue weighted by atomic mass is 10.1. The Balaban J connectivity index is 1.43. The molecule has 1 saturated heterocycles. The lowest BCUT2D eigenvalue weighted by molar-refractivity contribution is -0.145. The van der Waals surface area contributed by atoms with Gasteiger partial charge in [0.25, 0.3) is 5.91 Å². The number of benzene rings is 1. The minimum absolute atomic E-state index is 0.0538. The largest absolute Gasteiger partial charge is 0.478 e. The number of nitrogens with zero attached hydrogens (tertiary/aromatic N) is 7. The van der Waals surface area contributed by atoms with E-state index in [0.29, 0.717) is 49.0 Å². The third-order valence-electron chi connectivity index (χ3n) is 5.15. The number of amides is 1. The van der Waals surface area contributed by atoms with Crippen LogP contribution >= 0.6 is 11.6 Å². The van der Waals surface area contributed by atoms with Gasteiger partial charge in [-0.25, -0.2) is 14.6 Å². The van der Waals surface area contributed by atoms with E-state index >= 15 is 0 Å². The molecule has 0 atom stereocenters. The van der Waals surface area contributed by atoms with Crippen LogP contribution in [0.2, 0.25) is 5.02 Å². The van der Waals surface area contributed by atoms with Crippen LogP contribution in [0.5, 0.6) is 5.75 Å². The first-order chi connectivity index (χ1) is 14.4. The number of aryl methyl sites for hydroxylation is 1. The molecule has 2 aromatic heterocycles. The van der Waals surface area contributed by atoms with Gasteiger partial charge in [-0.05, 0) is 45.0 Å². The first-order valence-corrected chi connectivity index (χ1v) is 10.3. The number of piperazine rings is 1. The molecule has 4 rings (SSSR count). The number of hydrogen-bond acceptors (Lipinski definition) is 7. The van der Waals surface area contributed by atoms with Crippen LogP contribution in [0.25, 0.3) is 11.2 Å². The number of aromatic nitrogens is 5. The molecular weight excluding hydrogens is 406 g/mol. The first-order valence-electron chi connectivity index (χ1n) is 9.92. The van der Waals surface area contributed by atoms with Gasteiger partial charge in [-0.1, -0.05) is 16.8 Å². The normalized spacial score (nSPS) is 14.9. The van der Waals surface area contributed by atoms with Crippen molar-refractivity contribution in [2.24, 2.45) is 0 Å². The number of carbonyl (C=O) groups excluding carboxylic acids is 1. The van der Waals surface area contributed by atoms with Gasteiger partial charge in [0.15, 0.2) is 22.6 Å². The van der Waals surface area contributed by atoms with Crippen molar-refractivity contribution >= 4 is 34.5 Å². The van der Waals surface area contributed by atoms with E-state index in [4.69, 9.17) is 16.3 Å². The van der Waals surface area contributed by atoms with E-state index in [1.165, 1.54) is 6.33 Å². The minimum atomic E-state index is -0.984. The van der Waals surface area contributed by atoms with Crippen LogP contribution in [0.1, 0.15) is 20.8 Å². The van der Waals surface area contributed by atoms with Crippen molar-refractivity contribution in [1.82, 2.24) is 29.9 Å². The number of carbonyl (C=O) groups is 1. The molecule has 0 unspecified atom stereocenters. The van der Waals surface area contributed by atoms with E-state index in [0.717, 1.165) is 11.5 Å². The summed E-state index contributed by atoms with van der Waals surface area (Å²) in [5, 5.41) is 9.01. The summed E-state index contributed by atoms with van der Waals surface area (Å²) in [6, 6.07) is 7.01. The fourth-order valence-electron chi connectivity index (χ4n) is 3.57. The van der Waals surface area contributed by atoms with Crippen molar-refractivity contribution in [1.29, 1.82) is 0 Å². The quantitative estimate of drug-likeness (QED) is 0.615. The Kier molecular flexibility index (Phi) is 5.46. The number of rotatable bonds is 5. The number of ether oxygens (including phenoxy) is 1. The number of hydrogen-bond donors (Lipinski definition) is 0. The summed E-state index contributed by atoms with van der Waals surface area (Å²) < 4.78 is 7.70. The van der Waals surface area contributed by atoms with Crippen LogP contribution in [0.15, 0.2) is 30.6 Å². The fourth-order valence-corrected chi connectivity index (χ4v) is 3.69. The number of halogens is 1. The van der Waals surface area contributed by atoms with Crippen LogP contribution < -0.4 is 9.64 Å². The molecule has 0 spiro atoms. The van der Waals surface area contributed by atoms with Gasteiger partial charge < -0.3 is 14.5 Å². The average Bonchev–Trinajstić information content (AvgIpc) is 3.18. The molecule has 0 saturated carbocycles. The monoisotopic (exact) mass is 429 g/mol. The summed E-state index contributed by atoms with van der Waals surface area (Å²) in [5.74, 6) is 1.31. The Bertz CT molecular complexity index is 1040. The third-order valence-corrected chi connectivity index (χ3v) is 5.40. The zero-order chi connectivity index (χ0) is 21.3. The van der Waals surface area contributed by atoms with Gasteiger partial charge in [0.1, 0.15) is 12.1 Å². The Morgan fingerprint density at radius 2 is 1.83 bits per heavy atom. The Morgan fingerprint density at radius 1 is 1.13 bits per heavy atom. The molecule has 1 aromatic carbocycles. The molecule has 0 aliphatic carbocycles. The topological polar surface area (TPSA) is 89.3 Å². The molecule has 9 nitrogen and oxygen atoms in total. The van der Waals surface area contributed by atoms with Gasteiger partial charge in [0, 0.05) is 37.7 Å². The van der Waals surface area contributed by atoms with E-state index in [1.807, 2.05) is 11.8 Å².